The van der Waals surface area contributed by atoms with Crippen LogP contribution in [-0.2, 0) is 5.41 Å². The summed E-state index contributed by atoms with van der Waals surface area (Å²) in [6.45, 7) is 6.28. The summed E-state index contributed by atoms with van der Waals surface area (Å²) in [5.41, 5.74) is 1.40. The fourth-order valence-electron chi connectivity index (χ4n) is 1.80. The number of halogens is 1. The average Bonchev–Trinajstić information content (AvgIpc) is 2.29. The first-order valence-electron chi connectivity index (χ1n) is 5.90. The van der Waals surface area contributed by atoms with Gasteiger partial charge < -0.3 is 5.32 Å². The number of rotatable bonds is 6. The highest BCUT2D eigenvalue weighted by Crippen LogP contribution is 2.29. The molecular weight excluding hydrogens is 276 g/mol. The van der Waals surface area contributed by atoms with Gasteiger partial charge in [0.2, 0.25) is 0 Å². The first kappa shape index (κ1) is 14.2. The van der Waals surface area contributed by atoms with Crippen molar-refractivity contribution >= 4 is 15.9 Å². The van der Waals surface area contributed by atoms with E-state index in [0.29, 0.717) is 6.42 Å². The molecule has 0 aliphatic carbocycles. The third kappa shape index (κ3) is 4.49. The highest BCUT2D eigenvalue weighted by Gasteiger charge is 2.21. The van der Waals surface area contributed by atoms with E-state index >= 15 is 0 Å². The summed E-state index contributed by atoms with van der Waals surface area (Å²) in [5, 5.41) is 11.9. The van der Waals surface area contributed by atoms with Crippen LogP contribution in [0.25, 0.3) is 0 Å². The number of nitriles is 1. The lowest BCUT2D eigenvalue weighted by molar-refractivity contribution is 0.465. The van der Waals surface area contributed by atoms with Gasteiger partial charge in [-0.1, -0.05) is 48.0 Å². The monoisotopic (exact) mass is 294 g/mol. The molecule has 2 nitrogen and oxygen atoms in total. The van der Waals surface area contributed by atoms with E-state index in [1.165, 1.54) is 5.56 Å². The summed E-state index contributed by atoms with van der Waals surface area (Å²) >= 11 is 3.60. The van der Waals surface area contributed by atoms with Crippen LogP contribution in [0.15, 0.2) is 28.7 Å². The maximum Gasteiger partial charge on any atom is 0.0622 e. The number of nitrogens with one attached hydrogen (secondary N) is 1. The Balaban J connectivity index is 2.51. The van der Waals surface area contributed by atoms with Gasteiger partial charge in [0.1, 0.15) is 0 Å². The van der Waals surface area contributed by atoms with Crippen LogP contribution in [0.3, 0.4) is 0 Å². The van der Waals surface area contributed by atoms with E-state index in [-0.39, 0.29) is 5.41 Å². The van der Waals surface area contributed by atoms with Gasteiger partial charge in [-0.05, 0) is 24.6 Å². The summed E-state index contributed by atoms with van der Waals surface area (Å²) in [5.74, 6) is 0. The summed E-state index contributed by atoms with van der Waals surface area (Å²) in [7, 11) is 0. The normalized spacial score (nSPS) is 11.2. The molecule has 0 radical (unpaired) electrons. The van der Waals surface area contributed by atoms with Crippen molar-refractivity contribution in [2.24, 2.45) is 0 Å². The van der Waals surface area contributed by atoms with Crippen molar-refractivity contribution in [3.05, 3.63) is 34.3 Å². The zero-order valence-electron chi connectivity index (χ0n) is 10.5. The molecule has 0 fully saturated rings. The molecule has 0 saturated carbocycles. The van der Waals surface area contributed by atoms with E-state index in [1.54, 1.807) is 0 Å². The van der Waals surface area contributed by atoms with Crippen LogP contribution >= 0.6 is 15.9 Å². The van der Waals surface area contributed by atoms with E-state index < -0.39 is 0 Å². The van der Waals surface area contributed by atoms with Gasteiger partial charge in [-0.3, -0.25) is 0 Å². The van der Waals surface area contributed by atoms with Gasteiger partial charge in [0.05, 0.1) is 6.07 Å². The molecule has 0 aliphatic rings. The van der Waals surface area contributed by atoms with Crippen molar-refractivity contribution in [2.75, 3.05) is 13.1 Å². The maximum atomic E-state index is 8.46. The van der Waals surface area contributed by atoms with E-state index in [4.69, 9.17) is 5.26 Å². The van der Waals surface area contributed by atoms with E-state index in [9.17, 15) is 0 Å². The van der Waals surface area contributed by atoms with Crippen molar-refractivity contribution in [1.82, 2.24) is 5.32 Å². The molecule has 0 aromatic heterocycles. The molecule has 0 unspecified atom stereocenters. The second-order valence-corrected chi connectivity index (χ2v) is 5.66. The summed E-state index contributed by atoms with van der Waals surface area (Å²) in [6.07, 6.45) is 1.55. The minimum absolute atomic E-state index is 0.0900. The third-order valence-corrected chi connectivity index (χ3v) is 3.50. The Labute approximate surface area is 112 Å². The fraction of sp³-hybridized carbons (Fsp3) is 0.500. The second-order valence-electron chi connectivity index (χ2n) is 4.80. The highest BCUT2D eigenvalue weighted by molar-refractivity contribution is 9.10. The number of nitrogens with zero attached hydrogens (tertiary/aromatic N) is 1. The predicted octanol–water partition coefficient (Wildman–Crippen LogP) is 3.62. The van der Waals surface area contributed by atoms with E-state index in [2.05, 4.69) is 59.4 Å². The Morgan fingerprint density at radius 2 is 2.06 bits per heavy atom. The molecule has 0 heterocycles. The quantitative estimate of drug-likeness (QED) is 0.814. The van der Waals surface area contributed by atoms with Crippen LogP contribution in [0.4, 0.5) is 0 Å². The number of benzene rings is 1. The van der Waals surface area contributed by atoms with Crippen molar-refractivity contribution in [3.8, 4) is 6.07 Å². The number of unbranched alkanes of at least 4 members (excludes halogenated alkanes) is 1. The number of hydrogen-bond acceptors (Lipinski definition) is 2. The smallest absolute Gasteiger partial charge is 0.0622 e. The van der Waals surface area contributed by atoms with Gasteiger partial charge >= 0.3 is 0 Å². The molecule has 0 bridgehead atoms. The molecule has 0 saturated heterocycles. The third-order valence-electron chi connectivity index (χ3n) is 2.81. The standard InChI is InChI=1S/C14H19BrN2/c1-14(2,11-17-10-6-5-9-16)12-7-3-4-8-13(12)15/h3-4,7-8,17H,5-6,10-11H2,1-2H3. The fourth-order valence-corrected chi connectivity index (χ4v) is 2.62. The first-order chi connectivity index (χ1) is 8.08. The van der Waals surface area contributed by atoms with Crippen molar-refractivity contribution in [1.29, 1.82) is 5.26 Å². The SMILES string of the molecule is CC(C)(CNCCCC#N)c1ccccc1Br. The van der Waals surface area contributed by atoms with Gasteiger partial charge in [0.15, 0.2) is 0 Å². The molecule has 1 aromatic rings. The average molecular weight is 295 g/mol. The lowest BCUT2D eigenvalue weighted by Crippen LogP contribution is -2.33. The van der Waals surface area contributed by atoms with Crippen molar-refractivity contribution in [2.45, 2.75) is 32.1 Å². The zero-order chi connectivity index (χ0) is 12.7. The Bertz CT molecular complexity index is 393. The second kappa shape index (κ2) is 6.78. The molecule has 3 heteroatoms. The Morgan fingerprint density at radius 3 is 2.71 bits per heavy atom. The van der Waals surface area contributed by atoms with Crippen LogP contribution in [0.1, 0.15) is 32.3 Å². The highest BCUT2D eigenvalue weighted by atomic mass is 79.9. The van der Waals surface area contributed by atoms with Crippen LogP contribution in [0, 0.1) is 11.3 Å². The van der Waals surface area contributed by atoms with Gasteiger partial charge in [-0.25, -0.2) is 0 Å². The molecule has 0 spiro atoms. The maximum absolute atomic E-state index is 8.46. The van der Waals surface area contributed by atoms with Gasteiger partial charge in [0.25, 0.3) is 0 Å². The van der Waals surface area contributed by atoms with E-state index in [1.807, 2.05) is 6.07 Å². The minimum Gasteiger partial charge on any atom is -0.316 e. The summed E-state index contributed by atoms with van der Waals surface area (Å²) in [6, 6.07) is 10.5. The van der Waals surface area contributed by atoms with E-state index in [0.717, 1.165) is 24.0 Å². The Morgan fingerprint density at radius 1 is 1.35 bits per heavy atom. The lowest BCUT2D eigenvalue weighted by Gasteiger charge is -2.27. The summed E-state index contributed by atoms with van der Waals surface area (Å²) < 4.78 is 1.16. The van der Waals surface area contributed by atoms with Gasteiger partial charge in [-0.15, -0.1) is 0 Å². The van der Waals surface area contributed by atoms with Gasteiger partial charge in [0, 0.05) is 22.9 Å². The van der Waals surface area contributed by atoms with Gasteiger partial charge in [-0.2, -0.15) is 5.26 Å². The number of hydrogen-bond donors (Lipinski definition) is 1. The zero-order valence-corrected chi connectivity index (χ0v) is 12.0. The molecular formula is C14H19BrN2. The molecule has 1 rings (SSSR count). The largest absolute Gasteiger partial charge is 0.316 e. The van der Waals surface area contributed by atoms with Crippen molar-refractivity contribution in [3.63, 3.8) is 0 Å². The van der Waals surface area contributed by atoms with Crippen LogP contribution < -0.4 is 5.32 Å². The molecule has 0 atom stereocenters. The minimum atomic E-state index is 0.0900. The Hall–Kier alpha value is -0.850. The predicted molar refractivity (Wildman–Crippen MR) is 74.9 cm³/mol. The molecule has 1 aromatic carbocycles. The van der Waals surface area contributed by atoms with Crippen LogP contribution in [0.2, 0.25) is 0 Å². The first-order valence-corrected chi connectivity index (χ1v) is 6.70. The molecule has 0 amide bonds. The van der Waals surface area contributed by atoms with Crippen LogP contribution in [-0.4, -0.2) is 13.1 Å². The Kier molecular flexibility index (Phi) is 5.67. The van der Waals surface area contributed by atoms with Crippen molar-refractivity contribution < 1.29 is 0 Å². The molecule has 0 aliphatic heterocycles. The van der Waals surface area contributed by atoms with Crippen LogP contribution in [0.5, 0.6) is 0 Å². The lowest BCUT2D eigenvalue weighted by atomic mass is 9.84. The molecule has 92 valence electrons. The molecule has 17 heavy (non-hydrogen) atoms. The topological polar surface area (TPSA) is 35.8 Å². The summed E-state index contributed by atoms with van der Waals surface area (Å²) in [4.78, 5) is 0. The molecule has 1 N–H and O–H groups in total.